The Hall–Kier alpha value is -1.69. The van der Waals surface area contributed by atoms with Gasteiger partial charge in [0, 0.05) is 29.6 Å². The number of carbonyl (C=O) groups excluding carboxylic acids is 3. The molecule has 0 radical (unpaired) electrons. The molecule has 1 N–H and O–H groups in total. The zero-order chi connectivity index (χ0) is 29.6. The third kappa shape index (κ3) is 6.68. The average molecular weight is 561 g/mol. The minimum absolute atomic E-state index is 0.0831. The lowest BCUT2D eigenvalue weighted by Crippen LogP contribution is -2.63. The van der Waals surface area contributed by atoms with Gasteiger partial charge in [-0.25, -0.2) is 4.79 Å². The molecule has 1 unspecified atom stereocenters. The number of esters is 2. The molecule has 0 aromatic rings. The van der Waals surface area contributed by atoms with Gasteiger partial charge < -0.3 is 14.6 Å². The Balaban J connectivity index is 1.60. The molecule has 2 bridgehead atoms. The van der Waals surface area contributed by atoms with Crippen LogP contribution in [0.5, 0.6) is 0 Å². The molecule has 6 heteroatoms. The molecule has 3 saturated carbocycles. The first-order valence-corrected chi connectivity index (χ1v) is 16.2. The quantitative estimate of drug-likeness (QED) is 0.136. The Kier molecular flexibility index (Phi) is 11.5. The van der Waals surface area contributed by atoms with Crippen LogP contribution in [0.3, 0.4) is 0 Å². The van der Waals surface area contributed by atoms with Crippen molar-refractivity contribution in [1.29, 1.82) is 0 Å². The Labute approximate surface area is 243 Å². The number of Topliss-reactive ketones (excluding diaryl/α,β-unsaturated/α-hetero) is 1. The Morgan fingerprint density at radius 2 is 1.62 bits per heavy atom. The van der Waals surface area contributed by atoms with E-state index >= 15 is 0 Å². The monoisotopic (exact) mass is 560 g/mol. The van der Waals surface area contributed by atoms with Crippen molar-refractivity contribution in [2.75, 3.05) is 6.61 Å². The molecule has 228 valence electrons. The summed E-state index contributed by atoms with van der Waals surface area (Å²) in [7, 11) is 0. The molecule has 0 aromatic heterocycles. The fourth-order valence-electron chi connectivity index (χ4n) is 8.65. The molecule has 0 amide bonds. The number of aliphatic hydroxyl groups is 1. The van der Waals surface area contributed by atoms with Crippen LogP contribution in [0, 0.1) is 34.0 Å². The van der Waals surface area contributed by atoms with Gasteiger partial charge in [-0.05, 0) is 49.4 Å². The number of ketones is 1. The Bertz CT molecular complexity index is 899. The molecule has 3 rings (SSSR count). The Morgan fingerprint density at radius 1 is 1.00 bits per heavy atom. The third-order valence-electron chi connectivity index (χ3n) is 11.3. The van der Waals surface area contributed by atoms with Crippen molar-refractivity contribution in [2.45, 2.75) is 143 Å². The van der Waals surface area contributed by atoms with Crippen LogP contribution in [0.2, 0.25) is 0 Å². The van der Waals surface area contributed by atoms with Crippen LogP contribution in [0.4, 0.5) is 0 Å². The molecule has 3 aliphatic carbocycles. The van der Waals surface area contributed by atoms with Gasteiger partial charge in [-0.2, -0.15) is 0 Å². The normalized spacial score (nSPS) is 37.2. The number of carbonyl (C=O) groups is 3. The van der Waals surface area contributed by atoms with Crippen molar-refractivity contribution < 1.29 is 29.0 Å². The number of ether oxygens (including phenoxy) is 2. The fraction of sp³-hybridized carbons (Fsp3) is 0.853. The zero-order valence-electron chi connectivity index (χ0n) is 26.0. The average Bonchev–Trinajstić information content (AvgIpc) is 3.30. The van der Waals surface area contributed by atoms with E-state index in [4.69, 9.17) is 9.47 Å². The maximum Gasteiger partial charge on any atom is 0.344 e. The van der Waals surface area contributed by atoms with E-state index in [1.807, 2.05) is 6.92 Å². The predicted molar refractivity (Wildman–Crippen MR) is 157 cm³/mol. The van der Waals surface area contributed by atoms with E-state index in [1.54, 1.807) is 6.08 Å². The standard InChI is InChI=1S/C34H56O6/c1-7-9-10-11-12-13-14-15-16-17-28(36)39-23-29(37)40-27-22-32(5,8-2)31(38)25(4)34-21-19-26(35)30(34)33(27,6)20-18-24(34)3/h8,24-25,27,30-31,38H,2,7,9-23H2,1,3-6H3/t24-,25+,27-,30+,31+,32-,33?,34+/m1/s1. The lowest BCUT2D eigenvalue weighted by atomic mass is 9.43. The van der Waals surface area contributed by atoms with Crippen molar-refractivity contribution in [3.63, 3.8) is 0 Å². The van der Waals surface area contributed by atoms with E-state index in [0.29, 0.717) is 19.3 Å². The first-order chi connectivity index (χ1) is 19.0. The van der Waals surface area contributed by atoms with Crippen molar-refractivity contribution in [3.05, 3.63) is 12.7 Å². The first kappa shape index (κ1) is 32.8. The van der Waals surface area contributed by atoms with Crippen LogP contribution < -0.4 is 0 Å². The summed E-state index contributed by atoms with van der Waals surface area (Å²) in [6.45, 7) is 14.2. The lowest BCUT2D eigenvalue weighted by Gasteiger charge is -2.62. The highest BCUT2D eigenvalue weighted by Gasteiger charge is 2.68. The summed E-state index contributed by atoms with van der Waals surface area (Å²) in [6, 6.07) is 0. The zero-order valence-corrected chi connectivity index (χ0v) is 26.0. The van der Waals surface area contributed by atoms with Crippen LogP contribution in [-0.4, -0.2) is 41.6 Å². The largest absolute Gasteiger partial charge is 0.459 e. The van der Waals surface area contributed by atoms with Crippen molar-refractivity contribution in [1.82, 2.24) is 0 Å². The molecule has 40 heavy (non-hydrogen) atoms. The number of hydrogen-bond acceptors (Lipinski definition) is 6. The maximum absolute atomic E-state index is 13.5. The van der Waals surface area contributed by atoms with Gasteiger partial charge in [0.2, 0.25) is 0 Å². The third-order valence-corrected chi connectivity index (χ3v) is 11.3. The molecule has 0 heterocycles. The lowest BCUT2D eigenvalue weighted by molar-refractivity contribution is -0.207. The highest BCUT2D eigenvalue weighted by Crippen LogP contribution is 2.68. The highest BCUT2D eigenvalue weighted by molar-refractivity contribution is 5.86. The molecule has 0 saturated heterocycles. The van der Waals surface area contributed by atoms with E-state index in [9.17, 15) is 19.5 Å². The minimum atomic E-state index is -0.709. The smallest absolute Gasteiger partial charge is 0.344 e. The summed E-state index contributed by atoms with van der Waals surface area (Å²) >= 11 is 0. The van der Waals surface area contributed by atoms with Crippen LogP contribution in [-0.2, 0) is 23.9 Å². The van der Waals surface area contributed by atoms with Crippen molar-refractivity contribution >= 4 is 17.7 Å². The second-order valence-electron chi connectivity index (χ2n) is 13.8. The van der Waals surface area contributed by atoms with Crippen LogP contribution in [0.25, 0.3) is 0 Å². The van der Waals surface area contributed by atoms with E-state index in [2.05, 4.69) is 34.3 Å². The molecular weight excluding hydrogens is 504 g/mol. The molecule has 3 aliphatic rings. The van der Waals surface area contributed by atoms with Gasteiger partial charge in [0.25, 0.3) is 0 Å². The van der Waals surface area contributed by atoms with E-state index in [-0.39, 0.29) is 34.9 Å². The van der Waals surface area contributed by atoms with E-state index in [0.717, 1.165) is 38.5 Å². The maximum atomic E-state index is 13.5. The van der Waals surface area contributed by atoms with Gasteiger partial charge in [-0.15, -0.1) is 6.58 Å². The summed E-state index contributed by atoms with van der Waals surface area (Å²) in [5.74, 6) is -0.803. The van der Waals surface area contributed by atoms with Gasteiger partial charge in [0.05, 0.1) is 6.10 Å². The van der Waals surface area contributed by atoms with Gasteiger partial charge >= 0.3 is 11.9 Å². The van der Waals surface area contributed by atoms with Crippen molar-refractivity contribution in [3.8, 4) is 0 Å². The Morgan fingerprint density at radius 3 is 2.25 bits per heavy atom. The van der Waals surface area contributed by atoms with Gasteiger partial charge in [-0.1, -0.05) is 92.1 Å². The summed E-state index contributed by atoms with van der Waals surface area (Å²) in [5.41, 5.74) is -1.56. The molecule has 0 aromatic carbocycles. The molecule has 0 aliphatic heterocycles. The molecule has 6 nitrogen and oxygen atoms in total. The molecular formula is C34H56O6. The fourth-order valence-corrected chi connectivity index (χ4v) is 8.65. The summed E-state index contributed by atoms with van der Waals surface area (Å²) in [5, 5.41) is 11.7. The van der Waals surface area contributed by atoms with E-state index in [1.165, 1.54) is 38.5 Å². The second kappa shape index (κ2) is 14.0. The first-order valence-electron chi connectivity index (χ1n) is 16.2. The number of rotatable bonds is 14. The highest BCUT2D eigenvalue weighted by atomic mass is 16.6. The van der Waals surface area contributed by atoms with Crippen LogP contribution in [0.1, 0.15) is 131 Å². The summed E-state index contributed by atoms with van der Waals surface area (Å²) < 4.78 is 11.4. The number of hydrogen-bond donors (Lipinski definition) is 1. The number of aliphatic hydroxyl groups excluding tert-OH is 1. The predicted octanol–water partition coefficient (Wildman–Crippen LogP) is 7.36. The van der Waals surface area contributed by atoms with Crippen LogP contribution in [0.15, 0.2) is 12.7 Å². The van der Waals surface area contributed by atoms with E-state index < -0.39 is 35.6 Å². The molecule has 3 fully saturated rings. The van der Waals surface area contributed by atoms with Gasteiger partial charge in [-0.3, -0.25) is 9.59 Å². The van der Waals surface area contributed by atoms with Crippen LogP contribution >= 0.6 is 0 Å². The molecule has 8 atom stereocenters. The number of unbranched alkanes of at least 4 members (excludes halogenated alkanes) is 8. The summed E-state index contributed by atoms with van der Waals surface area (Å²) in [6.07, 6.45) is 14.6. The van der Waals surface area contributed by atoms with Crippen molar-refractivity contribution in [2.24, 2.45) is 34.0 Å². The second-order valence-corrected chi connectivity index (χ2v) is 13.8. The topological polar surface area (TPSA) is 89.9 Å². The summed E-state index contributed by atoms with van der Waals surface area (Å²) in [4.78, 5) is 38.8. The minimum Gasteiger partial charge on any atom is -0.459 e. The molecule has 0 spiro atoms. The SMILES string of the molecule is C=C[C@]1(C)C[C@@H](OC(=O)COC(=O)CCCCCCCCCCC)C2(C)CC[C@@H](C)[C@@]3(CCC(=O)[C@@H]23)[C@@H](C)[C@@H]1O. The van der Waals surface area contributed by atoms with Gasteiger partial charge in [0.1, 0.15) is 11.9 Å². The van der Waals surface area contributed by atoms with Gasteiger partial charge in [0.15, 0.2) is 6.61 Å².